The molecule has 3 nitrogen and oxygen atoms in total. The van der Waals surface area contributed by atoms with Crippen LogP contribution in [0.2, 0.25) is 0 Å². The third-order valence-corrected chi connectivity index (χ3v) is 8.88. The average Bonchev–Trinajstić information content (AvgIpc) is 3.04. The zero-order valence-electron chi connectivity index (χ0n) is 26.0. The minimum Gasteiger partial charge on any atom is -0.312 e. The maximum Gasteiger partial charge on any atom is 0.332 e. The van der Waals surface area contributed by atoms with Gasteiger partial charge >= 0.3 is 8.60 Å². The van der Waals surface area contributed by atoms with E-state index in [9.17, 15) is 0 Å². The quantitative estimate of drug-likeness (QED) is 0.0687. The molecule has 0 aliphatic heterocycles. The molecule has 42 heavy (non-hydrogen) atoms. The van der Waals surface area contributed by atoms with Crippen molar-refractivity contribution in [3.05, 3.63) is 108 Å². The van der Waals surface area contributed by atoms with E-state index >= 15 is 0 Å². The van der Waals surface area contributed by atoms with Crippen molar-refractivity contribution in [3.8, 4) is 0 Å². The molecule has 3 rings (SSSR count). The van der Waals surface area contributed by atoms with Gasteiger partial charge in [-0.2, -0.15) is 0 Å². The number of aryl methyl sites for hydroxylation is 3. The van der Waals surface area contributed by atoms with Crippen molar-refractivity contribution in [2.24, 2.45) is 0 Å². The van der Waals surface area contributed by atoms with E-state index in [0.29, 0.717) is 13.2 Å². The summed E-state index contributed by atoms with van der Waals surface area (Å²) in [5.41, 5.74) is 4.26. The normalized spacial score (nSPS) is 11.4. The van der Waals surface area contributed by atoms with Gasteiger partial charge in [0.1, 0.15) is 0 Å². The molecule has 0 saturated heterocycles. The van der Waals surface area contributed by atoms with Crippen molar-refractivity contribution >= 4 is 8.60 Å². The molecule has 4 heteroatoms. The molecule has 0 heterocycles. The molecule has 0 atom stereocenters. The van der Waals surface area contributed by atoms with Gasteiger partial charge in [-0.3, -0.25) is 0 Å². The van der Waals surface area contributed by atoms with Crippen LogP contribution >= 0.6 is 8.60 Å². The molecule has 230 valence electrons. The Kier molecular flexibility index (Phi) is 20.0. The van der Waals surface area contributed by atoms with Crippen molar-refractivity contribution in [1.82, 2.24) is 0 Å². The second kappa shape index (κ2) is 24.4. The van der Waals surface area contributed by atoms with Crippen LogP contribution in [0.15, 0.2) is 91.0 Å². The van der Waals surface area contributed by atoms with Gasteiger partial charge in [0.2, 0.25) is 0 Å². The van der Waals surface area contributed by atoms with Crippen LogP contribution in [0.1, 0.15) is 107 Å². The number of benzene rings is 3. The number of hydrogen-bond acceptors (Lipinski definition) is 3. The first-order valence-corrected chi connectivity index (χ1v) is 17.8. The van der Waals surface area contributed by atoms with Gasteiger partial charge in [0.15, 0.2) is 0 Å². The first-order valence-electron chi connectivity index (χ1n) is 16.7. The van der Waals surface area contributed by atoms with E-state index in [1.807, 2.05) is 0 Å². The Balaban J connectivity index is 1.18. The molecule has 0 bridgehead atoms. The first-order chi connectivity index (χ1) is 20.9. The fourth-order valence-corrected chi connectivity index (χ4v) is 6.23. The summed E-state index contributed by atoms with van der Waals surface area (Å²) in [6.45, 7) is 2.14. The monoisotopic (exact) mass is 590 g/mol. The van der Waals surface area contributed by atoms with E-state index in [-0.39, 0.29) is 0 Å². The topological polar surface area (TPSA) is 27.7 Å². The summed E-state index contributed by atoms with van der Waals surface area (Å²) < 4.78 is 18.3. The van der Waals surface area contributed by atoms with E-state index in [1.54, 1.807) is 0 Å². The summed E-state index contributed by atoms with van der Waals surface area (Å²) in [5, 5.41) is 0. The van der Waals surface area contributed by atoms with Gasteiger partial charge in [-0.15, -0.1) is 0 Å². The van der Waals surface area contributed by atoms with Crippen LogP contribution in [0.5, 0.6) is 0 Å². The molecule has 0 aromatic heterocycles. The van der Waals surface area contributed by atoms with Gasteiger partial charge < -0.3 is 13.6 Å². The van der Waals surface area contributed by atoms with Gasteiger partial charge in [-0.1, -0.05) is 142 Å². The largest absolute Gasteiger partial charge is 0.332 e. The van der Waals surface area contributed by atoms with Crippen molar-refractivity contribution < 1.29 is 13.6 Å². The van der Waals surface area contributed by atoms with Crippen LogP contribution in [0.3, 0.4) is 0 Å². The molecule has 0 saturated carbocycles. The Morgan fingerprint density at radius 1 is 0.310 bits per heavy atom. The second-order valence-electron chi connectivity index (χ2n) is 11.4. The molecule has 0 aliphatic carbocycles. The van der Waals surface area contributed by atoms with Crippen molar-refractivity contribution in [1.29, 1.82) is 0 Å². The second-order valence-corrected chi connectivity index (χ2v) is 12.6. The van der Waals surface area contributed by atoms with Gasteiger partial charge in [-0.25, -0.2) is 0 Å². The fraction of sp³-hybridized carbons (Fsp3) is 0.526. The van der Waals surface area contributed by atoms with Gasteiger partial charge in [0, 0.05) is 0 Å². The third-order valence-electron chi connectivity index (χ3n) is 7.70. The van der Waals surface area contributed by atoms with E-state index in [1.165, 1.54) is 80.9 Å². The highest BCUT2D eigenvalue weighted by Gasteiger charge is 2.12. The predicted octanol–water partition coefficient (Wildman–Crippen LogP) is 11.5. The molecule has 0 unspecified atom stereocenters. The lowest BCUT2D eigenvalue weighted by atomic mass is 10.0. The van der Waals surface area contributed by atoms with E-state index in [0.717, 1.165) is 51.6 Å². The highest BCUT2D eigenvalue weighted by Crippen LogP contribution is 2.40. The Labute approximate surface area is 258 Å². The summed E-state index contributed by atoms with van der Waals surface area (Å²) in [6.07, 6.45) is 20.9. The summed E-state index contributed by atoms with van der Waals surface area (Å²) in [4.78, 5) is 0. The Morgan fingerprint density at radius 2 is 0.571 bits per heavy atom. The first kappa shape index (κ1) is 34.5. The zero-order valence-corrected chi connectivity index (χ0v) is 26.9. The molecule has 3 aromatic rings. The molecule has 3 aromatic carbocycles. The standard InChI is InChI=1S/C38H55O3P/c1(3-5-7-12-24-36-25-13-9-14-26-36)2-4-6-8-21-33-39-42(40-34-22-19-31-37-27-15-10-16-28-37)41-35-23-20-32-38-29-17-11-18-30-38/h9-11,13-18,25-30H,1-8,12,19-24,31-35H2. The summed E-state index contributed by atoms with van der Waals surface area (Å²) in [6, 6.07) is 32.3. The van der Waals surface area contributed by atoms with E-state index in [4.69, 9.17) is 13.6 Å². The lowest BCUT2D eigenvalue weighted by molar-refractivity contribution is 0.154. The van der Waals surface area contributed by atoms with Crippen LogP contribution in [0.4, 0.5) is 0 Å². The lowest BCUT2D eigenvalue weighted by Gasteiger charge is -2.17. The Hall–Kier alpha value is -2.03. The highest BCUT2D eigenvalue weighted by molar-refractivity contribution is 7.41. The van der Waals surface area contributed by atoms with Gasteiger partial charge in [0.25, 0.3) is 0 Å². The van der Waals surface area contributed by atoms with Crippen molar-refractivity contribution in [2.45, 2.75) is 109 Å². The molecule has 0 fully saturated rings. The number of hydrogen-bond donors (Lipinski definition) is 0. The molecule has 0 aliphatic rings. The SMILES string of the molecule is c1ccc(CCCCCCCCCCCCOP(OCCCCc2ccccc2)OCCCCc2ccccc2)cc1. The Morgan fingerprint density at radius 3 is 0.929 bits per heavy atom. The molecule has 0 amide bonds. The minimum atomic E-state index is -1.26. The van der Waals surface area contributed by atoms with Crippen LogP contribution in [-0.4, -0.2) is 19.8 Å². The molecule has 0 N–H and O–H groups in total. The van der Waals surface area contributed by atoms with Crippen LogP contribution in [0.25, 0.3) is 0 Å². The summed E-state index contributed by atoms with van der Waals surface area (Å²) in [5.74, 6) is 0. The number of unbranched alkanes of at least 4 members (excludes halogenated alkanes) is 11. The molecular formula is C38H55O3P. The van der Waals surface area contributed by atoms with E-state index < -0.39 is 8.60 Å². The van der Waals surface area contributed by atoms with Crippen LogP contribution in [0, 0.1) is 0 Å². The van der Waals surface area contributed by atoms with Gasteiger partial charge in [-0.05, 0) is 74.5 Å². The van der Waals surface area contributed by atoms with Crippen molar-refractivity contribution in [2.75, 3.05) is 19.8 Å². The van der Waals surface area contributed by atoms with Crippen molar-refractivity contribution in [3.63, 3.8) is 0 Å². The zero-order chi connectivity index (χ0) is 29.2. The Bertz CT molecular complexity index is 933. The lowest BCUT2D eigenvalue weighted by Crippen LogP contribution is -2.01. The summed E-state index contributed by atoms with van der Waals surface area (Å²) in [7, 11) is -1.26. The predicted molar refractivity (Wildman–Crippen MR) is 180 cm³/mol. The maximum absolute atomic E-state index is 6.11. The number of rotatable bonds is 26. The maximum atomic E-state index is 6.11. The third kappa shape index (κ3) is 17.8. The van der Waals surface area contributed by atoms with E-state index in [2.05, 4.69) is 91.0 Å². The molecular weight excluding hydrogens is 535 g/mol. The molecule has 0 radical (unpaired) electrons. The van der Waals surface area contributed by atoms with Crippen LogP contribution < -0.4 is 0 Å². The smallest absolute Gasteiger partial charge is 0.312 e. The minimum absolute atomic E-state index is 0.703. The van der Waals surface area contributed by atoms with Crippen LogP contribution in [-0.2, 0) is 32.8 Å². The highest BCUT2D eigenvalue weighted by atomic mass is 31.2. The average molecular weight is 591 g/mol. The molecule has 0 spiro atoms. The van der Waals surface area contributed by atoms with Gasteiger partial charge in [0.05, 0.1) is 19.8 Å². The fourth-order valence-electron chi connectivity index (χ4n) is 5.17. The summed E-state index contributed by atoms with van der Waals surface area (Å²) >= 11 is 0.